The van der Waals surface area contributed by atoms with Gasteiger partial charge in [0, 0.05) is 16.5 Å². The van der Waals surface area contributed by atoms with Crippen molar-refractivity contribution in [2.24, 2.45) is 5.10 Å². The van der Waals surface area contributed by atoms with Gasteiger partial charge in [0.15, 0.2) is 18.1 Å². The maximum absolute atomic E-state index is 12.1. The van der Waals surface area contributed by atoms with Crippen molar-refractivity contribution in [1.29, 1.82) is 0 Å². The molecule has 10 heteroatoms. The minimum Gasteiger partial charge on any atom is -0.493 e. The summed E-state index contributed by atoms with van der Waals surface area (Å²) in [6.07, 6.45) is 1.53. The van der Waals surface area contributed by atoms with Gasteiger partial charge in [-0.3, -0.25) is 4.79 Å². The molecule has 1 amide bonds. The molecule has 4 rings (SSSR count). The van der Waals surface area contributed by atoms with Gasteiger partial charge in [-0.1, -0.05) is 35.9 Å². The molecule has 3 aromatic carbocycles. The van der Waals surface area contributed by atoms with E-state index in [2.05, 4.69) is 38.6 Å². The topological polar surface area (TPSA) is 69.2 Å². The van der Waals surface area contributed by atoms with E-state index in [-0.39, 0.29) is 12.5 Å². The number of halogens is 2. The van der Waals surface area contributed by atoms with Gasteiger partial charge in [0.2, 0.25) is 0 Å². The highest BCUT2D eigenvalue weighted by molar-refractivity contribution is 9.10. The smallest absolute Gasteiger partial charge is 0.277 e. The normalized spacial score (nSPS) is 13.6. The zero-order valence-corrected chi connectivity index (χ0v) is 23.4. The number of hydrogen-bond acceptors (Lipinski definition) is 7. The molecule has 0 aromatic heterocycles. The van der Waals surface area contributed by atoms with E-state index in [1.807, 2.05) is 66.0 Å². The Hall–Kier alpha value is -2.33. The lowest BCUT2D eigenvalue weighted by molar-refractivity contribution is -0.123. The van der Waals surface area contributed by atoms with Gasteiger partial charge >= 0.3 is 0 Å². The van der Waals surface area contributed by atoms with Gasteiger partial charge in [0.05, 0.1) is 22.4 Å². The number of ether oxygens (including phenoxy) is 3. The standard InChI is InChI=1S/C26H24BrClN2O4S2/c1-32-23-13-18(12-22(27)25(23)34-15-17-2-6-20(28)7-3-17)14-29-30-24(31)16-33-21-8-4-19(5-9-21)26-35-10-11-36-26/h2-9,12-14,26H,10-11,15-16H2,1H3,(H,30,31)/b29-14-. The SMILES string of the molecule is COc1cc(/C=N\NC(=O)COc2ccc(C3SCCS3)cc2)cc(Br)c1OCc1ccc(Cl)cc1. The van der Waals surface area contributed by atoms with Gasteiger partial charge in [-0.05, 0) is 69.0 Å². The fraction of sp³-hybridized carbons (Fsp3) is 0.231. The Kier molecular flexibility index (Phi) is 9.86. The number of carbonyl (C=O) groups excluding carboxylic acids is 1. The molecular formula is C26H24BrClN2O4S2. The number of hydrazone groups is 1. The first-order valence-electron chi connectivity index (χ1n) is 11.0. The quantitative estimate of drug-likeness (QED) is 0.204. The zero-order chi connectivity index (χ0) is 25.3. The lowest BCUT2D eigenvalue weighted by Crippen LogP contribution is -2.24. The molecule has 36 heavy (non-hydrogen) atoms. The molecule has 0 spiro atoms. The molecule has 0 radical (unpaired) electrons. The van der Waals surface area contributed by atoms with E-state index in [1.165, 1.54) is 23.3 Å². The van der Waals surface area contributed by atoms with Gasteiger partial charge in [-0.25, -0.2) is 5.43 Å². The molecule has 0 atom stereocenters. The van der Waals surface area contributed by atoms with E-state index < -0.39 is 0 Å². The van der Waals surface area contributed by atoms with Crippen LogP contribution in [0.3, 0.4) is 0 Å². The highest BCUT2D eigenvalue weighted by Crippen LogP contribution is 2.45. The highest BCUT2D eigenvalue weighted by Gasteiger charge is 2.18. The Bertz CT molecular complexity index is 1200. The average Bonchev–Trinajstić information content (AvgIpc) is 3.43. The summed E-state index contributed by atoms with van der Waals surface area (Å²) in [5.41, 5.74) is 5.45. The van der Waals surface area contributed by atoms with Crippen LogP contribution in [0.5, 0.6) is 17.2 Å². The molecule has 3 aromatic rings. The van der Waals surface area contributed by atoms with Gasteiger partial charge in [0.1, 0.15) is 12.4 Å². The number of nitrogens with one attached hydrogen (secondary N) is 1. The van der Waals surface area contributed by atoms with Crippen LogP contribution in [-0.2, 0) is 11.4 Å². The van der Waals surface area contributed by atoms with Crippen molar-refractivity contribution in [3.05, 3.63) is 86.8 Å². The van der Waals surface area contributed by atoms with Crippen molar-refractivity contribution < 1.29 is 19.0 Å². The Morgan fingerprint density at radius 2 is 1.83 bits per heavy atom. The molecular weight excluding hydrogens is 584 g/mol. The van der Waals surface area contributed by atoms with Crippen LogP contribution in [0.15, 0.2) is 70.2 Å². The van der Waals surface area contributed by atoms with Crippen molar-refractivity contribution >= 4 is 63.2 Å². The van der Waals surface area contributed by atoms with Gasteiger partial charge in [-0.15, -0.1) is 23.5 Å². The average molecular weight is 608 g/mol. The largest absolute Gasteiger partial charge is 0.493 e. The number of hydrogen-bond donors (Lipinski definition) is 1. The first-order chi connectivity index (χ1) is 17.5. The summed E-state index contributed by atoms with van der Waals surface area (Å²) < 4.78 is 18.2. The van der Waals surface area contributed by atoms with Crippen LogP contribution in [0.1, 0.15) is 21.3 Å². The Balaban J connectivity index is 1.28. The van der Waals surface area contributed by atoms with Crippen LogP contribution in [0.4, 0.5) is 0 Å². The van der Waals surface area contributed by atoms with Crippen LogP contribution < -0.4 is 19.6 Å². The molecule has 1 heterocycles. The summed E-state index contributed by atoms with van der Waals surface area (Å²) >= 11 is 13.4. The molecule has 0 bridgehead atoms. The summed E-state index contributed by atoms with van der Waals surface area (Å²) in [4.78, 5) is 12.1. The second-order valence-corrected chi connectivity index (χ2v) is 11.7. The Labute approximate surface area is 232 Å². The number of benzene rings is 3. The van der Waals surface area contributed by atoms with E-state index in [0.29, 0.717) is 37.9 Å². The lowest BCUT2D eigenvalue weighted by Gasteiger charge is -2.13. The lowest BCUT2D eigenvalue weighted by atomic mass is 10.2. The van der Waals surface area contributed by atoms with E-state index in [4.69, 9.17) is 25.8 Å². The number of methoxy groups -OCH3 is 1. The molecule has 0 unspecified atom stereocenters. The van der Waals surface area contributed by atoms with E-state index in [0.717, 1.165) is 11.1 Å². The van der Waals surface area contributed by atoms with Crippen molar-refractivity contribution in [2.45, 2.75) is 11.2 Å². The van der Waals surface area contributed by atoms with Crippen LogP contribution in [0.25, 0.3) is 0 Å². The molecule has 6 nitrogen and oxygen atoms in total. The summed E-state index contributed by atoms with van der Waals surface area (Å²) in [5.74, 6) is 3.76. The highest BCUT2D eigenvalue weighted by atomic mass is 79.9. The van der Waals surface area contributed by atoms with Crippen LogP contribution in [0.2, 0.25) is 5.02 Å². The summed E-state index contributed by atoms with van der Waals surface area (Å²) in [6, 6.07) is 18.9. The van der Waals surface area contributed by atoms with Gasteiger partial charge in [-0.2, -0.15) is 5.10 Å². The van der Waals surface area contributed by atoms with Gasteiger partial charge < -0.3 is 14.2 Å². The van der Waals surface area contributed by atoms with E-state index in [1.54, 1.807) is 13.2 Å². The predicted octanol–water partition coefficient (Wildman–Crippen LogP) is 6.70. The predicted molar refractivity (Wildman–Crippen MR) is 152 cm³/mol. The van der Waals surface area contributed by atoms with Crippen LogP contribution >= 0.6 is 51.1 Å². The number of carbonyl (C=O) groups is 1. The fourth-order valence-electron chi connectivity index (χ4n) is 3.32. The van der Waals surface area contributed by atoms with Crippen molar-refractivity contribution in [1.82, 2.24) is 5.43 Å². The summed E-state index contributed by atoms with van der Waals surface area (Å²) in [5, 5.41) is 4.70. The molecule has 1 fully saturated rings. The first kappa shape index (κ1) is 26.7. The maximum Gasteiger partial charge on any atom is 0.277 e. The van der Waals surface area contributed by atoms with E-state index >= 15 is 0 Å². The monoisotopic (exact) mass is 606 g/mol. The third kappa shape index (κ3) is 7.59. The van der Waals surface area contributed by atoms with Crippen LogP contribution in [0, 0.1) is 0 Å². The zero-order valence-electron chi connectivity index (χ0n) is 19.4. The summed E-state index contributed by atoms with van der Waals surface area (Å²) in [7, 11) is 1.56. The summed E-state index contributed by atoms with van der Waals surface area (Å²) in [6.45, 7) is 0.227. The third-order valence-corrected chi connectivity index (χ3v) is 9.04. The molecule has 0 aliphatic carbocycles. The molecule has 1 N–H and O–H groups in total. The number of nitrogens with zero attached hydrogens (tertiary/aromatic N) is 1. The Morgan fingerprint density at radius 1 is 1.11 bits per heavy atom. The fourth-order valence-corrected chi connectivity index (χ4v) is 6.88. The minimum atomic E-state index is -0.355. The molecule has 188 valence electrons. The third-order valence-electron chi connectivity index (χ3n) is 5.10. The van der Waals surface area contributed by atoms with Gasteiger partial charge in [0.25, 0.3) is 5.91 Å². The molecule has 1 aliphatic rings. The van der Waals surface area contributed by atoms with E-state index in [9.17, 15) is 4.79 Å². The number of rotatable bonds is 10. The van der Waals surface area contributed by atoms with Crippen LogP contribution in [-0.4, -0.2) is 37.3 Å². The Morgan fingerprint density at radius 3 is 2.53 bits per heavy atom. The second-order valence-electron chi connectivity index (χ2n) is 7.67. The van der Waals surface area contributed by atoms with Crippen molar-refractivity contribution in [3.8, 4) is 17.2 Å². The second kappa shape index (κ2) is 13.3. The molecule has 1 aliphatic heterocycles. The van der Waals surface area contributed by atoms with Crippen molar-refractivity contribution in [3.63, 3.8) is 0 Å². The maximum atomic E-state index is 12.1. The number of amides is 1. The minimum absolute atomic E-state index is 0.131. The first-order valence-corrected chi connectivity index (χ1v) is 14.3. The molecule has 0 saturated carbocycles. The number of thioether (sulfide) groups is 2. The van der Waals surface area contributed by atoms with Crippen molar-refractivity contribution in [2.75, 3.05) is 25.2 Å². The molecule has 1 saturated heterocycles.